The Morgan fingerprint density at radius 2 is 1.81 bits per heavy atom. The second-order valence-corrected chi connectivity index (χ2v) is 7.60. The molecule has 0 aromatic heterocycles. The van der Waals surface area contributed by atoms with Gasteiger partial charge in [0.15, 0.2) is 0 Å². The number of halogens is 1. The van der Waals surface area contributed by atoms with Crippen molar-refractivity contribution in [3.05, 3.63) is 35.4 Å². The molecule has 0 aliphatic carbocycles. The van der Waals surface area contributed by atoms with Crippen LogP contribution in [0.5, 0.6) is 0 Å². The van der Waals surface area contributed by atoms with Gasteiger partial charge in [0.1, 0.15) is 0 Å². The van der Waals surface area contributed by atoms with E-state index in [0.29, 0.717) is 19.0 Å². The summed E-state index contributed by atoms with van der Waals surface area (Å²) in [4.78, 5) is 31.0. The number of hydrogen-bond acceptors (Lipinski definition) is 4. The Morgan fingerprint density at radius 3 is 2.48 bits per heavy atom. The van der Waals surface area contributed by atoms with Crippen molar-refractivity contribution in [2.75, 3.05) is 45.8 Å². The van der Waals surface area contributed by atoms with Gasteiger partial charge in [-0.3, -0.25) is 14.5 Å². The van der Waals surface area contributed by atoms with Gasteiger partial charge in [0.25, 0.3) is 5.91 Å². The molecule has 0 saturated carbocycles. The number of carbonyl (C=O) groups excluding carboxylic acids is 2. The highest BCUT2D eigenvalue weighted by atomic mass is 35.5. The standard InChI is InChI=1S/C20H28N4O2.ClH/c25-19-2-1-10-23(19)14-16-3-5-17(6-4-16)20(26)24-11-7-18(15-24)22-12-8-21-9-13-22;/h3-6,18,21H,1-2,7-15H2;1H. The van der Waals surface area contributed by atoms with Gasteiger partial charge in [0.2, 0.25) is 5.91 Å². The first-order valence-corrected chi connectivity index (χ1v) is 9.81. The third-order valence-corrected chi connectivity index (χ3v) is 5.86. The van der Waals surface area contributed by atoms with E-state index < -0.39 is 0 Å². The fourth-order valence-electron chi connectivity index (χ4n) is 4.30. The van der Waals surface area contributed by atoms with E-state index in [1.165, 1.54) is 0 Å². The fraction of sp³-hybridized carbons (Fsp3) is 0.600. The summed E-state index contributed by atoms with van der Waals surface area (Å²) in [5.74, 6) is 0.368. The van der Waals surface area contributed by atoms with Gasteiger partial charge in [-0.15, -0.1) is 12.4 Å². The topological polar surface area (TPSA) is 55.9 Å². The van der Waals surface area contributed by atoms with Gasteiger partial charge in [-0.25, -0.2) is 0 Å². The van der Waals surface area contributed by atoms with Crippen LogP contribution < -0.4 is 5.32 Å². The Bertz CT molecular complexity index is 660. The van der Waals surface area contributed by atoms with E-state index >= 15 is 0 Å². The highest BCUT2D eigenvalue weighted by Gasteiger charge is 2.31. The summed E-state index contributed by atoms with van der Waals surface area (Å²) in [6.45, 7) is 7.44. The first kappa shape index (κ1) is 20.1. The second kappa shape index (κ2) is 9.04. The van der Waals surface area contributed by atoms with E-state index in [1.807, 2.05) is 34.1 Å². The van der Waals surface area contributed by atoms with Gasteiger partial charge in [-0.1, -0.05) is 12.1 Å². The molecule has 3 heterocycles. The lowest BCUT2D eigenvalue weighted by Crippen LogP contribution is -2.49. The highest BCUT2D eigenvalue weighted by molar-refractivity contribution is 5.94. The molecule has 0 spiro atoms. The van der Waals surface area contributed by atoms with Gasteiger partial charge in [0.05, 0.1) is 0 Å². The van der Waals surface area contributed by atoms with Crippen LogP contribution in [0.2, 0.25) is 0 Å². The van der Waals surface area contributed by atoms with Crippen molar-refractivity contribution in [1.29, 1.82) is 0 Å². The van der Waals surface area contributed by atoms with E-state index in [1.54, 1.807) is 0 Å². The minimum atomic E-state index is 0. The maximum absolute atomic E-state index is 12.8. The van der Waals surface area contributed by atoms with Crippen LogP contribution in [0.1, 0.15) is 35.2 Å². The number of amides is 2. The van der Waals surface area contributed by atoms with Gasteiger partial charge in [-0.05, 0) is 30.5 Å². The van der Waals surface area contributed by atoms with Crippen LogP contribution in [-0.4, -0.2) is 78.4 Å². The minimum absolute atomic E-state index is 0. The molecule has 148 valence electrons. The Hall–Kier alpha value is -1.63. The minimum Gasteiger partial charge on any atom is -0.338 e. The number of rotatable bonds is 4. The molecule has 7 heteroatoms. The zero-order valence-electron chi connectivity index (χ0n) is 15.7. The predicted molar refractivity (Wildman–Crippen MR) is 107 cm³/mol. The summed E-state index contributed by atoms with van der Waals surface area (Å²) in [5, 5.41) is 3.38. The lowest BCUT2D eigenvalue weighted by molar-refractivity contribution is -0.128. The van der Waals surface area contributed by atoms with E-state index in [9.17, 15) is 9.59 Å². The van der Waals surface area contributed by atoms with Crippen molar-refractivity contribution in [2.24, 2.45) is 0 Å². The zero-order valence-corrected chi connectivity index (χ0v) is 16.5. The number of hydrogen-bond donors (Lipinski definition) is 1. The van der Waals surface area contributed by atoms with Gasteiger partial charge in [0, 0.05) is 70.4 Å². The normalized spacial score (nSPS) is 23.6. The zero-order chi connectivity index (χ0) is 17.9. The summed E-state index contributed by atoms with van der Waals surface area (Å²) < 4.78 is 0. The van der Waals surface area contributed by atoms with Crippen LogP contribution in [0.15, 0.2) is 24.3 Å². The Balaban J connectivity index is 0.00000210. The first-order chi connectivity index (χ1) is 12.7. The smallest absolute Gasteiger partial charge is 0.253 e. The van der Waals surface area contributed by atoms with Crippen LogP contribution in [0.3, 0.4) is 0 Å². The molecule has 3 saturated heterocycles. The molecule has 6 nitrogen and oxygen atoms in total. The van der Waals surface area contributed by atoms with Gasteiger partial charge >= 0.3 is 0 Å². The molecule has 0 bridgehead atoms. The molecule has 1 aromatic carbocycles. The summed E-state index contributed by atoms with van der Waals surface area (Å²) in [5.41, 5.74) is 1.85. The third-order valence-electron chi connectivity index (χ3n) is 5.86. The van der Waals surface area contributed by atoms with Gasteiger partial charge in [-0.2, -0.15) is 0 Å². The van der Waals surface area contributed by atoms with Crippen molar-refractivity contribution in [3.63, 3.8) is 0 Å². The van der Waals surface area contributed by atoms with Crippen LogP contribution in [0.25, 0.3) is 0 Å². The van der Waals surface area contributed by atoms with Crippen LogP contribution in [0.4, 0.5) is 0 Å². The molecule has 1 atom stereocenters. The van der Waals surface area contributed by atoms with E-state index in [-0.39, 0.29) is 24.2 Å². The molecule has 27 heavy (non-hydrogen) atoms. The lowest BCUT2D eigenvalue weighted by atomic mass is 10.1. The molecule has 0 radical (unpaired) electrons. The van der Waals surface area contributed by atoms with Crippen molar-refractivity contribution in [1.82, 2.24) is 20.0 Å². The fourth-order valence-corrected chi connectivity index (χ4v) is 4.30. The molecule has 1 aromatic rings. The lowest BCUT2D eigenvalue weighted by Gasteiger charge is -2.32. The van der Waals surface area contributed by atoms with E-state index in [0.717, 1.165) is 69.8 Å². The number of piperazine rings is 1. The molecular weight excluding hydrogens is 364 g/mol. The Morgan fingerprint density at radius 1 is 1.07 bits per heavy atom. The van der Waals surface area contributed by atoms with Crippen molar-refractivity contribution in [2.45, 2.75) is 31.8 Å². The Kier molecular flexibility index (Phi) is 6.73. The number of carbonyl (C=O) groups is 2. The number of nitrogens with one attached hydrogen (secondary N) is 1. The van der Waals surface area contributed by atoms with Crippen molar-refractivity contribution >= 4 is 24.2 Å². The first-order valence-electron chi connectivity index (χ1n) is 9.81. The molecule has 3 fully saturated rings. The van der Waals surface area contributed by atoms with E-state index in [2.05, 4.69) is 10.2 Å². The molecule has 1 unspecified atom stereocenters. The van der Waals surface area contributed by atoms with Crippen LogP contribution in [-0.2, 0) is 11.3 Å². The second-order valence-electron chi connectivity index (χ2n) is 7.60. The number of benzene rings is 1. The molecule has 3 aliphatic heterocycles. The van der Waals surface area contributed by atoms with Crippen LogP contribution >= 0.6 is 12.4 Å². The maximum atomic E-state index is 12.8. The average molecular weight is 393 g/mol. The predicted octanol–water partition coefficient (Wildman–Crippen LogP) is 1.35. The molecule has 4 rings (SSSR count). The number of nitrogens with zero attached hydrogens (tertiary/aromatic N) is 3. The molecular formula is C20H29ClN4O2. The SMILES string of the molecule is Cl.O=C1CCCN1Cc1ccc(C(=O)N2CCC(N3CCNCC3)C2)cc1. The third kappa shape index (κ3) is 4.62. The molecule has 2 amide bonds. The maximum Gasteiger partial charge on any atom is 0.253 e. The highest BCUT2D eigenvalue weighted by Crippen LogP contribution is 2.20. The monoisotopic (exact) mass is 392 g/mol. The van der Waals surface area contributed by atoms with Crippen LogP contribution in [0, 0.1) is 0 Å². The summed E-state index contributed by atoms with van der Waals surface area (Å²) in [6, 6.07) is 8.31. The summed E-state index contributed by atoms with van der Waals surface area (Å²) in [6.07, 6.45) is 2.69. The number of likely N-dealkylation sites (tertiary alicyclic amines) is 2. The van der Waals surface area contributed by atoms with E-state index in [4.69, 9.17) is 0 Å². The summed E-state index contributed by atoms with van der Waals surface area (Å²) >= 11 is 0. The molecule has 1 N–H and O–H groups in total. The van der Waals surface area contributed by atoms with Crippen molar-refractivity contribution < 1.29 is 9.59 Å². The quantitative estimate of drug-likeness (QED) is 0.840. The average Bonchev–Trinajstić information content (AvgIpc) is 3.32. The Labute approximate surface area is 167 Å². The molecule has 3 aliphatic rings. The van der Waals surface area contributed by atoms with Crippen molar-refractivity contribution in [3.8, 4) is 0 Å². The summed E-state index contributed by atoms with van der Waals surface area (Å²) in [7, 11) is 0. The van der Waals surface area contributed by atoms with Gasteiger partial charge < -0.3 is 15.1 Å². The largest absolute Gasteiger partial charge is 0.338 e.